The van der Waals surface area contributed by atoms with Crippen molar-refractivity contribution in [2.24, 2.45) is 5.92 Å². The standard InChI is InChI=1S/C13H17N3O2/c1-9(2)5-11(17)8-16-13(18)12-4-3-10(6-14)7-15-12/h3-4,7,9,11,17H,5,8H2,1-2H3,(H,16,18). The van der Waals surface area contributed by atoms with Crippen LogP contribution in [-0.2, 0) is 0 Å². The van der Waals surface area contributed by atoms with Gasteiger partial charge in [0.2, 0.25) is 0 Å². The highest BCUT2D eigenvalue weighted by Crippen LogP contribution is 2.04. The van der Waals surface area contributed by atoms with Crippen molar-refractivity contribution in [3.05, 3.63) is 29.6 Å². The number of carbonyl (C=O) groups excluding carboxylic acids is 1. The first-order valence-corrected chi connectivity index (χ1v) is 5.85. The fourth-order valence-corrected chi connectivity index (χ4v) is 1.52. The van der Waals surface area contributed by atoms with Gasteiger partial charge < -0.3 is 10.4 Å². The number of rotatable bonds is 5. The topological polar surface area (TPSA) is 86.0 Å². The Kier molecular flexibility index (Phi) is 5.28. The molecule has 1 rings (SSSR count). The van der Waals surface area contributed by atoms with Crippen LogP contribution in [0, 0.1) is 17.2 Å². The number of nitriles is 1. The molecule has 1 heterocycles. The summed E-state index contributed by atoms with van der Waals surface area (Å²) in [4.78, 5) is 15.5. The van der Waals surface area contributed by atoms with Crippen LogP contribution in [0.5, 0.6) is 0 Å². The second kappa shape index (κ2) is 6.72. The van der Waals surface area contributed by atoms with Gasteiger partial charge in [-0.05, 0) is 24.5 Å². The number of amides is 1. The van der Waals surface area contributed by atoms with Crippen molar-refractivity contribution < 1.29 is 9.90 Å². The lowest BCUT2D eigenvalue weighted by Crippen LogP contribution is -2.33. The minimum absolute atomic E-state index is 0.207. The second-order valence-electron chi connectivity index (χ2n) is 4.54. The molecule has 5 nitrogen and oxygen atoms in total. The smallest absolute Gasteiger partial charge is 0.269 e. The minimum Gasteiger partial charge on any atom is -0.391 e. The summed E-state index contributed by atoms with van der Waals surface area (Å²) >= 11 is 0. The first-order chi connectivity index (χ1) is 8.52. The lowest BCUT2D eigenvalue weighted by atomic mass is 10.1. The third-order valence-electron chi connectivity index (χ3n) is 2.37. The molecule has 96 valence electrons. The molecule has 0 aliphatic carbocycles. The van der Waals surface area contributed by atoms with Crippen LogP contribution in [0.2, 0.25) is 0 Å². The van der Waals surface area contributed by atoms with E-state index in [4.69, 9.17) is 5.26 Å². The minimum atomic E-state index is -0.549. The number of nitrogens with zero attached hydrogens (tertiary/aromatic N) is 2. The van der Waals surface area contributed by atoms with Gasteiger partial charge in [-0.2, -0.15) is 5.26 Å². The van der Waals surface area contributed by atoms with E-state index in [9.17, 15) is 9.90 Å². The molecule has 0 aliphatic heterocycles. The lowest BCUT2D eigenvalue weighted by Gasteiger charge is -2.13. The molecule has 0 fully saturated rings. The number of hydrogen-bond acceptors (Lipinski definition) is 4. The fraction of sp³-hybridized carbons (Fsp3) is 0.462. The molecule has 1 atom stereocenters. The number of hydrogen-bond donors (Lipinski definition) is 2. The average molecular weight is 247 g/mol. The largest absolute Gasteiger partial charge is 0.391 e. The molecule has 0 radical (unpaired) electrons. The van der Waals surface area contributed by atoms with Gasteiger partial charge in [0, 0.05) is 12.7 Å². The molecule has 5 heteroatoms. The molecule has 2 N–H and O–H groups in total. The Hall–Kier alpha value is -1.93. The predicted octanol–water partition coefficient (Wildman–Crippen LogP) is 1.09. The van der Waals surface area contributed by atoms with Crippen LogP contribution in [-0.4, -0.2) is 28.6 Å². The van der Waals surface area contributed by atoms with Gasteiger partial charge in [-0.25, -0.2) is 4.98 Å². The Balaban J connectivity index is 2.47. The molecule has 1 unspecified atom stereocenters. The number of aliphatic hydroxyl groups is 1. The van der Waals surface area contributed by atoms with Crippen molar-refractivity contribution in [2.75, 3.05) is 6.54 Å². The van der Waals surface area contributed by atoms with E-state index in [0.29, 0.717) is 17.9 Å². The number of carbonyl (C=O) groups is 1. The number of nitrogens with one attached hydrogen (secondary N) is 1. The Bertz CT molecular complexity index is 435. The van der Waals surface area contributed by atoms with Crippen LogP contribution in [0.3, 0.4) is 0 Å². The molecule has 0 saturated carbocycles. The average Bonchev–Trinajstić information content (AvgIpc) is 2.35. The van der Waals surface area contributed by atoms with Crippen LogP contribution in [0.25, 0.3) is 0 Å². The zero-order valence-electron chi connectivity index (χ0n) is 10.6. The molecule has 0 spiro atoms. The van der Waals surface area contributed by atoms with Gasteiger partial charge in [-0.1, -0.05) is 13.8 Å². The lowest BCUT2D eigenvalue weighted by molar-refractivity contribution is 0.0895. The van der Waals surface area contributed by atoms with Crippen LogP contribution in [0.4, 0.5) is 0 Å². The summed E-state index contributed by atoms with van der Waals surface area (Å²) in [5.41, 5.74) is 0.650. The van der Waals surface area contributed by atoms with E-state index in [2.05, 4.69) is 10.3 Å². The highest BCUT2D eigenvalue weighted by molar-refractivity contribution is 5.92. The predicted molar refractivity (Wildman–Crippen MR) is 66.7 cm³/mol. The van der Waals surface area contributed by atoms with Crippen molar-refractivity contribution >= 4 is 5.91 Å². The van der Waals surface area contributed by atoms with Crippen LogP contribution >= 0.6 is 0 Å². The molecule has 0 aromatic carbocycles. The van der Waals surface area contributed by atoms with E-state index < -0.39 is 6.10 Å². The van der Waals surface area contributed by atoms with Crippen molar-refractivity contribution in [3.8, 4) is 6.07 Å². The number of aliphatic hydroxyl groups excluding tert-OH is 1. The monoisotopic (exact) mass is 247 g/mol. The molecule has 0 saturated heterocycles. The number of aromatic nitrogens is 1. The zero-order valence-corrected chi connectivity index (χ0v) is 10.6. The molecule has 1 amide bonds. The van der Waals surface area contributed by atoms with Crippen LogP contribution in [0.15, 0.2) is 18.3 Å². The van der Waals surface area contributed by atoms with Gasteiger partial charge in [0.05, 0.1) is 11.7 Å². The molecule has 0 bridgehead atoms. The van der Waals surface area contributed by atoms with Crippen LogP contribution in [0.1, 0.15) is 36.3 Å². The quantitative estimate of drug-likeness (QED) is 0.815. The normalized spacial score (nSPS) is 11.9. The summed E-state index contributed by atoms with van der Waals surface area (Å²) in [7, 11) is 0. The summed E-state index contributed by atoms with van der Waals surface area (Å²) in [5.74, 6) is 0.0345. The fourth-order valence-electron chi connectivity index (χ4n) is 1.52. The summed E-state index contributed by atoms with van der Waals surface area (Å²) in [6.07, 6.45) is 1.44. The van der Waals surface area contributed by atoms with Gasteiger partial charge in [0.15, 0.2) is 0 Å². The van der Waals surface area contributed by atoms with E-state index in [0.717, 1.165) is 0 Å². The van der Waals surface area contributed by atoms with Crippen molar-refractivity contribution in [2.45, 2.75) is 26.4 Å². The summed E-state index contributed by atoms with van der Waals surface area (Å²) < 4.78 is 0. The Morgan fingerprint density at radius 3 is 2.78 bits per heavy atom. The van der Waals surface area contributed by atoms with Gasteiger partial charge in [0.25, 0.3) is 5.91 Å². The molecular weight excluding hydrogens is 230 g/mol. The maximum absolute atomic E-state index is 11.7. The van der Waals surface area contributed by atoms with Gasteiger partial charge in [-0.15, -0.1) is 0 Å². The molecule has 1 aromatic heterocycles. The number of pyridine rings is 1. The van der Waals surface area contributed by atoms with Gasteiger partial charge in [0.1, 0.15) is 11.8 Å². The zero-order chi connectivity index (χ0) is 13.5. The van der Waals surface area contributed by atoms with E-state index in [1.54, 1.807) is 0 Å². The van der Waals surface area contributed by atoms with E-state index in [1.165, 1.54) is 18.3 Å². The Labute approximate surface area is 106 Å². The van der Waals surface area contributed by atoms with Crippen molar-refractivity contribution in [1.82, 2.24) is 10.3 Å². The summed E-state index contributed by atoms with van der Waals surface area (Å²) in [6.45, 7) is 4.22. The second-order valence-corrected chi connectivity index (χ2v) is 4.54. The highest BCUT2D eigenvalue weighted by Gasteiger charge is 2.11. The van der Waals surface area contributed by atoms with Gasteiger partial charge in [-0.3, -0.25) is 4.79 Å². The maximum atomic E-state index is 11.7. The summed E-state index contributed by atoms with van der Waals surface area (Å²) in [6, 6.07) is 4.95. The van der Waals surface area contributed by atoms with Crippen molar-refractivity contribution in [3.63, 3.8) is 0 Å². The highest BCUT2D eigenvalue weighted by atomic mass is 16.3. The SMILES string of the molecule is CC(C)CC(O)CNC(=O)c1ccc(C#N)cn1. The first-order valence-electron chi connectivity index (χ1n) is 5.85. The van der Waals surface area contributed by atoms with Gasteiger partial charge >= 0.3 is 0 Å². The molecule has 1 aromatic rings. The van der Waals surface area contributed by atoms with E-state index in [1.807, 2.05) is 19.9 Å². The molecule has 0 aliphatic rings. The summed E-state index contributed by atoms with van der Waals surface area (Å²) in [5, 5.41) is 20.8. The van der Waals surface area contributed by atoms with E-state index in [-0.39, 0.29) is 18.1 Å². The maximum Gasteiger partial charge on any atom is 0.269 e. The molecular formula is C13H17N3O2. The third kappa shape index (κ3) is 4.52. The Morgan fingerprint density at radius 1 is 1.56 bits per heavy atom. The third-order valence-corrected chi connectivity index (χ3v) is 2.37. The molecule has 18 heavy (non-hydrogen) atoms. The van der Waals surface area contributed by atoms with E-state index >= 15 is 0 Å². The van der Waals surface area contributed by atoms with Crippen LogP contribution < -0.4 is 5.32 Å². The Morgan fingerprint density at radius 2 is 2.28 bits per heavy atom. The van der Waals surface area contributed by atoms with Crippen molar-refractivity contribution in [1.29, 1.82) is 5.26 Å². The first kappa shape index (κ1) is 14.1.